The second kappa shape index (κ2) is 9.78. The van der Waals surface area contributed by atoms with Crippen molar-refractivity contribution >= 4 is 72.0 Å². The number of β-lactam (4-membered cyclic amide) rings is 1. The highest BCUT2D eigenvalue weighted by molar-refractivity contribution is 14.1. The van der Waals surface area contributed by atoms with E-state index in [1.165, 1.54) is 23.8 Å². The first kappa shape index (κ1) is 24.5. The Bertz CT molecular complexity index is 1010. The third kappa shape index (κ3) is 5.09. The number of hydrogen-bond donors (Lipinski definition) is 2. The maximum Gasteiger partial charge on any atom is 0.341 e. The lowest BCUT2D eigenvalue weighted by atomic mass is 10.0. The number of thioether (sulfide) groups is 1. The Hall–Kier alpha value is -2.13. The van der Waals surface area contributed by atoms with Gasteiger partial charge in [0.15, 0.2) is 5.71 Å². The lowest BCUT2D eigenvalue weighted by Crippen LogP contribution is -2.71. The summed E-state index contributed by atoms with van der Waals surface area (Å²) in [4.78, 5) is 49.1. The van der Waals surface area contributed by atoms with Crippen molar-refractivity contribution in [2.24, 2.45) is 5.16 Å². The topological polar surface area (TPSA) is 136 Å². The number of halogens is 1. The van der Waals surface area contributed by atoms with Crippen LogP contribution in [0.5, 0.6) is 0 Å². The molecular weight excluding hydrogens is 565 g/mol. The minimum Gasteiger partial charge on any atom is -0.515 e. The minimum absolute atomic E-state index is 0.103. The van der Waals surface area contributed by atoms with E-state index < -0.39 is 31.6 Å². The van der Waals surface area contributed by atoms with E-state index in [9.17, 15) is 14.4 Å². The number of nitrogen functional groups attached to an aromatic ring is 1. The van der Waals surface area contributed by atoms with E-state index in [4.69, 9.17) is 15.0 Å². The summed E-state index contributed by atoms with van der Waals surface area (Å²) < 4.78 is 6.26. The minimum atomic E-state index is -2.15. The first-order valence-electron chi connectivity index (χ1n) is 9.68. The van der Waals surface area contributed by atoms with E-state index >= 15 is 0 Å². The van der Waals surface area contributed by atoms with Crippen molar-refractivity contribution in [3.8, 4) is 0 Å². The number of amides is 2. The summed E-state index contributed by atoms with van der Waals surface area (Å²) in [7, 11) is -0.848. The molecule has 0 aromatic carbocycles. The van der Waals surface area contributed by atoms with Crippen molar-refractivity contribution in [3.63, 3.8) is 0 Å². The molecule has 172 valence electrons. The van der Waals surface area contributed by atoms with Crippen LogP contribution in [-0.2, 0) is 23.6 Å². The quantitative estimate of drug-likeness (QED) is 0.122. The lowest BCUT2D eigenvalue weighted by molar-refractivity contribution is -0.149. The van der Waals surface area contributed by atoms with Gasteiger partial charge in [0.2, 0.25) is 8.32 Å². The molecule has 0 spiro atoms. The van der Waals surface area contributed by atoms with Gasteiger partial charge in [-0.2, -0.15) is 0 Å². The fourth-order valence-electron chi connectivity index (χ4n) is 3.19. The summed E-state index contributed by atoms with van der Waals surface area (Å²) in [5.74, 6) is -0.703. The first-order chi connectivity index (χ1) is 15.1. The fraction of sp³-hybridized carbons (Fsp3) is 0.421. The van der Waals surface area contributed by atoms with Crippen molar-refractivity contribution < 1.29 is 23.6 Å². The van der Waals surface area contributed by atoms with Crippen molar-refractivity contribution in [2.45, 2.75) is 31.1 Å². The molecule has 10 nitrogen and oxygen atoms in total. The summed E-state index contributed by atoms with van der Waals surface area (Å²) >= 11 is 3.66. The fourth-order valence-corrected chi connectivity index (χ4v) is 6.19. The van der Waals surface area contributed by atoms with Crippen LogP contribution in [0.1, 0.15) is 5.69 Å². The van der Waals surface area contributed by atoms with Gasteiger partial charge >= 0.3 is 5.97 Å². The van der Waals surface area contributed by atoms with Gasteiger partial charge in [-0.05, 0) is 37.3 Å². The molecule has 2 atom stereocenters. The van der Waals surface area contributed by atoms with Crippen LogP contribution in [0.4, 0.5) is 5.82 Å². The molecule has 2 amide bonds. The summed E-state index contributed by atoms with van der Waals surface area (Å²) in [6.07, 6.45) is 0. The van der Waals surface area contributed by atoms with Gasteiger partial charge in [-0.1, -0.05) is 33.8 Å². The molecule has 1 fully saturated rings. The number of alkyl halides is 1. The SMILES string of the molecule is CON=C(C(=O)NC1C(=O)N2C(C(=O)O[Si](C)(C)C)=C(CI)CS[C@@H]12)c1cccc(N)n1. The molecule has 2 aliphatic rings. The average molecular weight is 589 g/mol. The molecular formula is C19H24IN5O5SSi. The van der Waals surface area contributed by atoms with Gasteiger partial charge in [0.1, 0.15) is 35.7 Å². The number of carbonyl (C=O) groups excluding carboxylic acids is 3. The molecule has 3 N–H and O–H groups in total. The second-order valence-corrected chi connectivity index (χ2v) is 14.3. The Morgan fingerprint density at radius 3 is 2.72 bits per heavy atom. The summed E-state index contributed by atoms with van der Waals surface area (Å²) in [6.45, 7) is 5.73. The lowest BCUT2D eigenvalue weighted by Gasteiger charge is -2.49. The number of nitrogens with zero attached hydrogens (tertiary/aromatic N) is 3. The molecule has 2 aliphatic heterocycles. The molecule has 32 heavy (non-hydrogen) atoms. The van der Waals surface area contributed by atoms with Crippen LogP contribution in [0, 0.1) is 0 Å². The average Bonchev–Trinajstić information content (AvgIpc) is 2.73. The normalized spacial score (nSPS) is 21.0. The molecule has 1 saturated heterocycles. The molecule has 0 saturated carbocycles. The maximum absolute atomic E-state index is 13.0. The molecule has 0 bridgehead atoms. The van der Waals surface area contributed by atoms with Crippen LogP contribution >= 0.6 is 34.4 Å². The smallest absolute Gasteiger partial charge is 0.341 e. The van der Waals surface area contributed by atoms with Crippen LogP contribution in [-0.4, -0.2) is 70.4 Å². The zero-order valence-electron chi connectivity index (χ0n) is 18.0. The highest BCUT2D eigenvalue weighted by Crippen LogP contribution is 2.41. The Morgan fingerprint density at radius 2 is 2.12 bits per heavy atom. The highest BCUT2D eigenvalue weighted by Gasteiger charge is 2.54. The van der Waals surface area contributed by atoms with E-state index in [1.807, 2.05) is 19.6 Å². The number of carbonyl (C=O) groups is 3. The van der Waals surface area contributed by atoms with Gasteiger partial charge < -0.3 is 20.3 Å². The monoisotopic (exact) mass is 589 g/mol. The van der Waals surface area contributed by atoms with E-state index in [2.05, 4.69) is 38.0 Å². The number of anilines is 1. The number of aromatic nitrogens is 1. The number of rotatable bonds is 7. The van der Waals surface area contributed by atoms with Gasteiger partial charge in [0.25, 0.3) is 11.8 Å². The predicted octanol–water partition coefficient (Wildman–Crippen LogP) is 1.48. The number of nitrogens with one attached hydrogen (secondary N) is 1. The Balaban J connectivity index is 1.81. The number of oxime groups is 1. The number of nitrogens with two attached hydrogens (primary N) is 1. The third-order valence-electron chi connectivity index (χ3n) is 4.50. The van der Waals surface area contributed by atoms with Crippen molar-refractivity contribution in [2.75, 3.05) is 23.0 Å². The third-order valence-corrected chi connectivity index (χ3v) is 7.56. The largest absolute Gasteiger partial charge is 0.515 e. The number of pyridine rings is 1. The van der Waals surface area contributed by atoms with Crippen LogP contribution in [0.3, 0.4) is 0 Å². The maximum atomic E-state index is 13.0. The molecule has 1 aromatic rings. The van der Waals surface area contributed by atoms with Gasteiger partial charge in [-0.15, -0.1) is 11.8 Å². The van der Waals surface area contributed by atoms with E-state index in [-0.39, 0.29) is 23.1 Å². The summed E-state index contributed by atoms with van der Waals surface area (Å²) in [5.41, 5.74) is 6.96. The first-order valence-corrected chi connectivity index (χ1v) is 15.7. The Labute approximate surface area is 204 Å². The Morgan fingerprint density at radius 1 is 1.41 bits per heavy atom. The summed E-state index contributed by atoms with van der Waals surface area (Å²) in [5, 5.41) is 6.04. The molecule has 3 heterocycles. The van der Waals surface area contributed by atoms with Crippen molar-refractivity contribution in [1.82, 2.24) is 15.2 Å². The molecule has 0 radical (unpaired) electrons. The molecule has 3 rings (SSSR count). The van der Waals surface area contributed by atoms with Crippen LogP contribution in [0.2, 0.25) is 19.6 Å². The highest BCUT2D eigenvalue weighted by atomic mass is 127. The van der Waals surface area contributed by atoms with Gasteiger partial charge in [-0.3, -0.25) is 14.5 Å². The van der Waals surface area contributed by atoms with E-state index in [0.717, 1.165) is 5.57 Å². The van der Waals surface area contributed by atoms with Crippen LogP contribution in [0.15, 0.2) is 34.6 Å². The second-order valence-electron chi connectivity index (χ2n) is 8.02. The van der Waals surface area contributed by atoms with Crippen LogP contribution < -0.4 is 11.1 Å². The zero-order chi connectivity index (χ0) is 23.6. The van der Waals surface area contributed by atoms with Crippen LogP contribution in [0.25, 0.3) is 0 Å². The zero-order valence-corrected chi connectivity index (χ0v) is 22.0. The summed E-state index contributed by atoms with van der Waals surface area (Å²) in [6, 6.07) is 3.96. The molecule has 1 aromatic heterocycles. The van der Waals surface area contributed by atoms with E-state index in [1.54, 1.807) is 18.2 Å². The molecule has 1 unspecified atom stereocenters. The predicted molar refractivity (Wildman–Crippen MR) is 133 cm³/mol. The Kier molecular flexibility index (Phi) is 7.49. The van der Waals surface area contributed by atoms with Gasteiger partial charge in [0, 0.05) is 10.2 Å². The van der Waals surface area contributed by atoms with Gasteiger partial charge in [-0.25, -0.2) is 9.78 Å². The molecule has 13 heteroatoms. The number of hydrogen-bond acceptors (Lipinski definition) is 9. The standard InChI is InChI=1S/C19H24IN5O5SSi/c1-29-24-13(11-6-5-7-12(21)22-11)16(26)23-14-17(27)25-15(19(28)30-32(2,3)4)10(8-20)9-31-18(14)25/h5-7,14,18H,8-9H2,1-4H3,(H2,21,22)(H,23,26)/t14?,18-/m0/s1. The van der Waals surface area contributed by atoms with Crippen molar-refractivity contribution in [1.29, 1.82) is 0 Å². The molecule has 0 aliphatic carbocycles. The van der Waals surface area contributed by atoms with Crippen molar-refractivity contribution in [3.05, 3.63) is 35.2 Å². The number of fused-ring (bicyclic) bond motifs is 1. The van der Waals surface area contributed by atoms with Gasteiger partial charge in [0.05, 0.1) is 0 Å². The van der Waals surface area contributed by atoms with E-state index in [0.29, 0.717) is 15.9 Å².